The van der Waals surface area contributed by atoms with Gasteiger partial charge < -0.3 is 16.0 Å². The highest BCUT2D eigenvalue weighted by Crippen LogP contribution is 2.11. The highest BCUT2D eigenvalue weighted by atomic mass is 127. The van der Waals surface area contributed by atoms with Gasteiger partial charge in [0.1, 0.15) is 0 Å². The molecule has 1 aliphatic rings. The molecule has 0 aromatic carbocycles. The van der Waals surface area contributed by atoms with Crippen LogP contribution in [0.3, 0.4) is 0 Å². The summed E-state index contributed by atoms with van der Waals surface area (Å²) in [4.78, 5) is 15.9. The van der Waals surface area contributed by atoms with Gasteiger partial charge in [-0.05, 0) is 18.8 Å². The van der Waals surface area contributed by atoms with E-state index in [0.717, 1.165) is 13.0 Å². The fourth-order valence-corrected chi connectivity index (χ4v) is 3.88. The summed E-state index contributed by atoms with van der Waals surface area (Å²) in [7, 11) is -1.27. The fraction of sp³-hybridized carbons (Fsp3) is 0.857. The zero-order valence-corrected chi connectivity index (χ0v) is 17.2. The number of amides is 1. The maximum atomic E-state index is 11.8. The van der Waals surface area contributed by atoms with Crippen LogP contribution in [-0.4, -0.2) is 58.0 Å². The second kappa shape index (κ2) is 11.1. The van der Waals surface area contributed by atoms with Crippen LogP contribution in [-0.2, 0) is 14.6 Å². The summed E-state index contributed by atoms with van der Waals surface area (Å²) in [5, 5.41) is 9.03. The normalized spacial score (nSPS) is 20.0. The maximum Gasteiger partial charge on any atom is 0.222 e. The van der Waals surface area contributed by atoms with Crippen molar-refractivity contribution < 1.29 is 13.2 Å². The number of guanidine groups is 1. The Morgan fingerprint density at radius 2 is 1.91 bits per heavy atom. The number of halogens is 1. The Labute approximate surface area is 156 Å². The van der Waals surface area contributed by atoms with Gasteiger partial charge in [0.25, 0.3) is 0 Å². The van der Waals surface area contributed by atoms with Crippen LogP contribution < -0.4 is 16.0 Å². The summed E-state index contributed by atoms with van der Waals surface area (Å²) in [5.41, 5.74) is 0. The Morgan fingerprint density at radius 3 is 2.43 bits per heavy atom. The molecule has 1 rings (SSSR count). The van der Waals surface area contributed by atoms with Gasteiger partial charge >= 0.3 is 0 Å². The number of hydrogen-bond donors (Lipinski definition) is 3. The topological polar surface area (TPSA) is 99.7 Å². The van der Waals surface area contributed by atoms with Gasteiger partial charge in [-0.1, -0.05) is 13.8 Å². The smallest absolute Gasteiger partial charge is 0.222 e. The summed E-state index contributed by atoms with van der Waals surface area (Å²) < 4.78 is 22.7. The zero-order chi connectivity index (χ0) is 16.6. The number of nitrogens with zero attached hydrogens (tertiary/aromatic N) is 1. The van der Waals surface area contributed by atoms with E-state index in [0.29, 0.717) is 31.3 Å². The van der Waals surface area contributed by atoms with Gasteiger partial charge in [-0.15, -0.1) is 24.0 Å². The minimum absolute atomic E-state index is 0. The van der Waals surface area contributed by atoms with E-state index in [9.17, 15) is 13.2 Å². The third kappa shape index (κ3) is 10.0. The molecule has 1 fully saturated rings. The van der Waals surface area contributed by atoms with Crippen molar-refractivity contribution in [2.45, 2.75) is 39.2 Å². The first-order valence-corrected chi connectivity index (χ1v) is 9.59. The van der Waals surface area contributed by atoms with Gasteiger partial charge in [0, 0.05) is 32.6 Å². The summed E-state index contributed by atoms with van der Waals surface area (Å²) in [6, 6.07) is -0.235. The Hall–Kier alpha value is -0.580. The molecule has 1 aliphatic heterocycles. The van der Waals surface area contributed by atoms with Crippen molar-refractivity contribution in [3.8, 4) is 0 Å². The van der Waals surface area contributed by atoms with Crippen molar-refractivity contribution in [3.05, 3.63) is 0 Å². The molecule has 0 radical (unpaired) electrons. The van der Waals surface area contributed by atoms with Gasteiger partial charge in [-0.3, -0.25) is 9.79 Å². The second-order valence-corrected chi connectivity index (χ2v) is 8.25. The van der Waals surface area contributed by atoms with E-state index in [1.807, 2.05) is 0 Å². The Morgan fingerprint density at radius 1 is 1.26 bits per heavy atom. The summed E-state index contributed by atoms with van der Waals surface area (Å²) >= 11 is 0. The monoisotopic (exact) mass is 460 g/mol. The molecule has 23 heavy (non-hydrogen) atoms. The number of carbonyl (C=O) groups excluding carboxylic acids is 1. The van der Waals surface area contributed by atoms with E-state index in [4.69, 9.17) is 0 Å². The van der Waals surface area contributed by atoms with Crippen LogP contribution in [0.25, 0.3) is 0 Å². The second-order valence-electron chi connectivity index (χ2n) is 6.03. The SMILES string of the molecule is CN=C(NCCC(=O)NC1CCS(=O)(=O)C1)NCCC(C)C.I. The molecule has 136 valence electrons. The Kier molecular flexibility index (Phi) is 10.8. The van der Waals surface area contributed by atoms with Crippen LogP contribution in [0.1, 0.15) is 33.1 Å². The molecule has 1 heterocycles. The number of nitrogens with one attached hydrogen (secondary N) is 3. The maximum absolute atomic E-state index is 11.8. The molecule has 1 unspecified atom stereocenters. The van der Waals surface area contributed by atoms with E-state index in [1.165, 1.54) is 0 Å². The zero-order valence-electron chi connectivity index (χ0n) is 14.1. The minimum Gasteiger partial charge on any atom is -0.356 e. The number of sulfone groups is 1. The molecule has 0 saturated carbocycles. The molecule has 7 nitrogen and oxygen atoms in total. The number of carbonyl (C=O) groups is 1. The molecule has 1 amide bonds. The lowest BCUT2D eigenvalue weighted by atomic mass is 10.1. The fourth-order valence-electron chi connectivity index (χ4n) is 2.20. The molecule has 0 aromatic heterocycles. The number of aliphatic imine (C=N–C) groups is 1. The first kappa shape index (κ1) is 22.4. The largest absolute Gasteiger partial charge is 0.356 e. The highest BCUT2D eigenvalue weighted by Gasteiger charge is 2.28. The van der Waals surface area contributed by atoms with E-state index >= 15 is 0 Å². The molecule has 1 saturated heterocycles. The van der Waals surface area contributed by atoms with Crippen molar-refractivity contribution in [2.75, 3.05) is 31.6 Å². The van der Waals surface area contributed by atoms with E-state index in [2.05, 4.69) is 34.8 Å². The van der Waals surface area contributed by atoms with Crippen LogP contribution in [0.2, 0.25) is 0 Å². The van der Waals surface area contributed by atoms with Crippen LogP contribution in [0.15, 0.2) is 4.99 Å². The van der Waals surface area contributed by atoms with Crippen LogP contribution in [0.4, 0.5) is 0 Å². The predicted molar refractivity (Wildman–Crippen MR) is 104 cm³/mol. The van der Waals surface area contributed by atoms with Gasteiger partial charge in [-0.25, -0.2) is 8.42 Å². The summed E-state index contributed by atoms with van der Waals surface area (Å²) in [6.07, 6.45) is 1.86. The van der Waals surface area contributed by atoms with E-state index in [-0.39, 0.29) is 47.4 Å². The van der Waals surface area contributed by atoms with Crippen LogP contribution >= 0.6 is 24.0 Å². The molecular weight excluding hydrogens is 431 g/mol. The third-order valence-corrected chi connectivity index (χ3v) is 5.25. The highest BCUT2D eigenvalue weighted by molar-refractivity contribution is 14.0. The molecule has 9 heteroatoms. The van der Waals surface area contributed by atoms with E-state index < -0.39 is 9.84 Å². The predicted octanol–water partition coefficient (Wildman–Crippen LogP) is 0.509. The summed E-state index contributed by atoms with van der Waals surface area (Å²) in [5.74, 6) is 1.40. The molecule has 0 aromatic rings. The quantitative estimate of drug-likeness (QED) is 0.292. The van der Waals surface area contributed by atoms with Crippen molar-refractivity contribution in [1.82, 2.24) is 16.0 Å². The molecule has 1 atom stereocenters. The lowest BCUT2D eigenvalue weighted by Crippen LogP contribution is -2.41. The van der Waals surface area contributed by atoms with Crippen LogP contribution in [0, 0.1) is 5.92 Å². The van der Waals surface area contributed by atoms with Gasteiger partial charge in [-0.2, -0.15) is 0 Å². The molecule has 0 aliphatic carbocycles. The Bertz CT molecular complexity index is 494. The average Bonchev–Trinajstić information content (AvgIpc) is 2.75. The molecule has 0 bridgehead atoms. The molecule has 0 spiro atoms. The van der Waals surface area contributed by atoms with Crippen molar-refractivity contribution >= 4 is 45.7 Å². The minimum atomic E-state index is -2.96. The van der Waals surface area contributed by atoms with Crippen molar-refractivity contribution in [2.24, 2.45) is 10.9 Å². The first-order valence-electron chi connectivity index (χ1n) is 7.76. The first-order chi connectivity index (χ1) is 10.3. The standard InChI is InChI=1S/C14H28N4O3S.HI/c1-11(2)4-7-16-14(15-3)17-8-5-13(19)18-12-6-9-22(20,21)10-12;/h11-12H,4-10H2,1-3H3,(H,18,19)(H2,15,16,17);1H. The molecule has 3 N–H and O–H groups in total. The average molecular weight is 460 g/mol. The summed E-state index contributed by atoms with van der Waals surface area (Å²) in [6.45, 7) is 5.62. The van der Waals surface area contributed by atoms with Crippen molar-refractivity contribution in [1.29, 1.82) is 0 Å². The Balaban J connectivity index is 0.00000484. The lowest BCUT2D eigenvalue weighted by Gasteiger charge is -2.14. The number of hydrogen-bond acceptors (Lipinski definition) is 4. The van der Waals surface area contributed by atoms with E-state index in [1.54, 1.807) is 7.05 Å². The van der Waals surface area contributed by atoms with Gasteiger partial charge in [0.2, 0.25) is 5.91 Å². The van der Waals surface area contributed by atoms with Crippen molar-refractivity contribution in [3.63, 3.8) is 0 Å². The molecular formula is C14H29IN4O3S. The van der Waals surface area contributed by atoms with Gasteiger partial charge in [0.15, 0.2) is 15.8 Å². The third-order valence-electron chi connectivity index (χ3n) is 3.48. The number of rotatable bonds is 7. The van der Waals surface area contributed by atoms with Gasteiger partial charge in [0.05, 0.1) is 11.5 Å². The van der Waals surface area contributed by atoms with Crippen LogP contribution in [0.5, 0.6) is 0 Å². The lowest BCUT2D eigenvalue weighted by molar-refractivity contribution is -0.121.